The molecule has 0 bridgehead atoms. The first-order chi connectivity index (χ1) is 13.1. The summed E-state index contributed by atoms with van der Waals surface area (Å²) in [4.78, 5) is 22.9. The van der Waals surface area contributed by atoms with Gasteiger partial charge in [-0.25, -0.2) is 4.79 Å². The first-order valence-corrected chi connectivity index (χ1v) is 8.38. The summed E-state index contributed by atoms with van der Waals surface area (Å²) in [5.74, 6) is -1.79. The summed E-state index contributed by atoms with van der Waals surface area (Å²) in [6, 6.07) is 23.5. The standard InChI is InChI=1S/C22H18O5/c23-21(22(24)25)18-11-19(26-14-16-7-3-1-4-8-16)13-20(12-18)27-15-17-9-5-2-6-10-17/h1-13H,14-15H2,(H,24,25). The lowest BCUT2D eigenvalue weighted by Crippen LogP contribution is -2.13. The van der Waals surface area contributed by atoms with Crippen molar-refractivity contribution in [1.29, 1.82) is 0 Å². The molecular formula is C22H18O5. The van der Waals surface area contributed by atoms with E-state index in [2.05, 4.69) is 0 Å². The van der Waals surface area contributed by atoms with Gasteiger partial charge >= 0.3 is 5.97 Å². The maximum atomic E-state index is 11.9. The van der Waals surface area contributed by atoms with Crippen LogP contribution in [0.3, 0.4) is 0 Å². The zero-order chi connectivity index (χ0) is 19.1. The number of hydrogen-bond acceptors (Lipinski definition) is 4. The molecule has 5 heteroatoms. The summed E-state index contributed by atoms with van der Waals surface area (Å²) >= 11 is 0. The van der Waals surface area contributed by atoms with Gasteiger partial charge in [0.1, 0.15) is 24.7 Å². The van der Waals surface area contributed by atoms with Gasteiger partial charge in [0.05, 0.1) is 0 Å². The molecule has 5 nitrogen and oxygen atoms in total. The highest BCUT2D eigenvalue weighted by molar-refractivity contribution is 6.40. The normalized spacial score (nSPS) is 10.2. The van der Waals surface area contributed by atoms with Crippen LogP contribution < -0.4 is 9.47 Å². The van der Waals surface area contributed by atoms with Crippen LogP contribution in [0, 0.1) is 0 Å². The van der Waals surface area contributed by atoms with Crippen LogP contribution in [0.2, 0.25) is 0 Å². The number of hydrogen-bond donors (Lipinski definition) is 1. The molecule has 0 spiro atoms. The molecule has 0 heterocycles. The average molecular weight is 362 g/mol. The minimum atomic E-state index is -1.52. The minimum absolute atomic E-state index is 0.0103. The van der Waals surface area contributed by atoms with E-state index in [1.165, 1.54) is 12.1 Å². The molecular weight excluding hydrogens is 344 g/mol. The Labute approximate surface area is 156 Å². The second-order valence-corrected chi connectivity index (χ2v) is 5.88. The molecule has 0 amide bonds. The Morgan fingerprint density at radius 2 is 1.15 bits per heavy atom. The highest BCUT2D eigenvalue weighted by Crippen LogP contribution is 2.25. The minimum Gasteiger partial charge on any atom is -0.489 e. The van der Waals surface area contributed by atoms with Crippen LogP contribution in [0.25, 0.3) is 0 Å². The van der Waals surface area contributed by atoms with Crippen LogP contribution in [-0.2, 0) is 18.0 Å². The SMILES string of the molecule is O=C(O)C(=O)c1cc(OCc2ccccc2)cc(OCc2ccccc2)c1. The van der Waals surface area contributed by atoms with Crippen LogP contribution in [0.15, 0.2) is 78.9 Å². The van der Waals surface area contributed by atoms with Crippen LogP contribution in [0.4, 0.5) is 0 Å². The summed E-state index contributed by atoms with van der Waals surface area (Å²) < 4.78 is 11.5. The lowest BCUT2D eigenvalue weighted by atomic mass is 10.1. The Morgan fingerprint density at radius 3 is 1.56 bits per heavy atom. The molecule has 0 saturated heterocycles. The largest absolute Gasteiger partial charge is 0.489 e. The van der Waals surface area contributed by atoms with Crippen molar-refractivity contribution >= 4 is 11.8 Å². The van der Waals surface area contributed by atoms with Gasteiger partial charge in [-0.05, 0) is 23.3 Å². The van der Waals surface area contributed by atoms with Crippen LogP contribution in [0.5, 0.6) is 11.5 Å². The quantitative estimate of drug-likeness (QED) is 0.482. The number of aliphatic carboxylic acids is 1. The third-order valence-electron chi connectivity index (χ3n) is 3.83. The van der Waals surface area contributed by atoms with Crippen molar-refractivity contribution in [3.8, 4) is 11.5 Å². The van der Waals surface area contributed by atoms with Gasteiger partial charge in [-0.2, -0.15) is 0 Å². The highest BCUT2D eigenvalue weighted by Gasteiger charge is 2.17. The molecule has 0 radical (unpaired) electrons. The molecule has 0 aliphatic rings. The van der Waals surface area contributed by atoms with Crippen molar-refractivity contribution in [1.82, 2.24) is 0 Å². The van der Waals surface area contributed by atoms with Gasteiger partial charge in [0.2, 0.25) is 0 Å². The Balaban J connectivity index is 1.79. The summed E-state index contributed by atoms with van der Waals surface area (Å²) in [7, 11) is 0. The molecule has 3 rings (SSSR count). The lowest BCUT2D eigenvalue weighted by Gasteiger charge is -2.12. The van der Waals surface area contributed by atoms with E-state index in [-0.39, 0.29) is 5.56 Å². The number of carbonyl (C=O) groups excluding carboxylic acids is 1. The maximum Gasteiger partial charge on any atom is 0.377 e. The number of rotatable bonds is 8. The summed E-state index contributed by atoms with van der Waals surface area (Å²) in [6.45, 7) is 0.591. The maximum absolute atomic E-state index is 11.9. The van der Waals surface area contributed by atoms with E-state index in [9.17, 15) is 9.59 Å². The molecule has 136 valence electrons. The third kappa shape index (κ3) is 5.19. The van der Waals surface area contributed by atoms with E-state index in [0.717, 1.165) is 11.1 Å². The highest BCUT2D eigenvalue weighted by atomic mass is 16.5. The van der Waals surface area contributed by atoms with Gasteiger partial charge in [0, 0.05) is 11.6 Å². The first-order valence-electron chi connectivity index (χ1n) is 8.38. The summed E-state index contributed by atoms with van der Waals surface area (Å²) in [6.07, 6.45) is 0. The molecule has 0 aliphatic carbocycles. The van der Waals surface area contributed by atoms with Crippen LogP contribution in [0.1, 0.15) is 21.5 Å². The monoisotopic (exact) mass is 362 g/mol. The van der Waals surface area contributed by atoms with Gasteiger partial charge in [-0.15, -0.1) is 0 Å². The van der Waals surface area contributed by atoms with E-state index < -0.39 is 11.8 Å². The van der Waals surface area contributed by atoms with Gasteiger partial charge in [-0.3, -0.25) is 4.79 Å². The fraction of sp³-hybridized carbons (Fsp3) is 0.0909. The van der Waals surface area contributed by atoms with Crippen molar-refractivity contribution in [2.24, 2.45) is 0 Å². The van der Waals surface area contributed by atoms with E-state index in [0.29, 0.717) is 24.7 Å². The summed E-state index contributed by atoms with van der Waals surface area (Å²) in [5.41, 5.74) is 1.93. The van der Waals surface area contributed by atoms with Gasteiger partial charge < -0.3 is 14.6 Å². The van der Waals surface area contributed by atoms with Gasteiger partial charge in [0.25, 0.3) is 5.78 Å². The second-order valence-electron chi connectivity index (χ2n) is 5.88. The Morgan fingerprint density at radius 1 is 0.704 bits per heavy atom. The van der Waals surface area contributed by atoms with Crippen molar-refractivity contribution in [2.45, 2.75) is 13.2 Å². The van der Waals surface area contributed by atoms with E-state index in [1.807, 2.05) is 60.7 Å². The molecule has 1 N–H and O–H groups in total. The molecule has 0 atom stereocenters. The number of Topliss-reactive ketones (excluding diaryl/α,β-unsaturated/α-hetero) is 1. The molecule has 3 aromatic carbocycles. The Bertz CT molecular complexity index is 858. The van der Waals surface area contributed by atoms with Gasteiger partial charge in [0.15, 0.2) is 0 Å². The molecule has 0 fully saturated rings. The molecule has 0 saturated carbocycles. The molecule has 3 aromatic rings. The topological polar surface area (TPSA) is 72.8 Å². The average Bonchev–Trinajstić information content (AvgIpc) is 2.71. The summed E-state index contributed by atoms with van der Waals surface area (Å²) in [5, 5.41) is 9.00. The van der Waals surface area contributed by atoms with E-state index in [1.54, 1.807) is 6.07 Å². The number of ketones is 1. The zero-order valence-corrected chi connectivity index (χ0v) is 14.5. The molecule has 0 aliphatic heterocycles. The number of ether oxygens (including phenoxy) is 2. The Hall–Kier alpha value is -3.60. The number of benzene rings is 3. The van der Waals surface area contributed by atoms with Crippen LogP contribution >= 0.6 is 0 Å². The number of carboxylic acid groups (broad SMARTS) is 1. The molecule has 0 aromatic heterocycles. The van der Waals surface area contributed by atoms with Crippen molar-refractivity contribution in [3.05, 3.63) is 95.6 Å². The fourth-order valence-electron chi connectivity index (χ4n) is 2.47. The number of carboxylic acids is 1. The molecule has 0 unspecified atom stereocenters. The number of carbonyl (C=O) groups is 2. The fourth-order valence-corrected chi connectivity index (χ4v) is 2.47. The van der Waals surface area contributed by atoms with Crippen molar-refractivity contribution in [3.63, 3.8) is 0 Å². The van der Waals surface area contributed by atoms with E-state index in [4.69, 9.17) is 14.6 Å². The Kier molecular flexibility index (Phi) is 5.84. The smallest absolute Gasteiger partial charge is 0.377 e. The third-order valence-corrected chi connectivity index (χ3v) is 3.83. The lowest BCUT2D eigenvalue weighted by molar-refractivity contribution is -0.131. The van der Waals surface area contributed by atoms with Gasteiger partial charge in [-0.1, -0.05) is 60.7 Å². The predicted molar refractivity (Wildman–Crippen MR) is 100.0 cm³/mol. The predicted octanol–water partition coefficient (Wildman–Crippen LogP) is 4.11. The van der Waals surface area contributed by atoms with Crippen molar-refractivity contribution < 1.29 is 24.2 Å². The van der Waals surface area contributed by atoms with E-state index >= 15 is 0 Å². The van der Waals surface area contributed by atoms with Crippen LogP contribution in [-0.4, -0.2) is 16.9 Å². The first kappa shape index (κ1) is 18.2. The zero-order valence-electron chi connectivity index (χ0n) is 14.5. The second kappa shape index (κ2) is 8.67. The molecule has 27 heavy (non-hydrogen) atoms. The van der Waals surface area contributed by atoms with Crippen molar-refractivity contribution in [2.75, 3.05) is 0 Å².